The standard InChI is InChI=1S/C16H21ClN2O2/c1-3-7-18-10-12-11-19(8-6-16(20)21-2)15-9-13(17)4-5-14(12)15/h4-5,9,11,18H,3,6-8,10H2,1-2H3. The van der Waals surface area contributed by atoms with E-state index >= 15 is 0 Å². The summed E-state index contributed by atoms with van der Waals surface area (Å²) in [6.45, 7) is 4.54. The number of nitrogens with zero attached hydrogens (tertiary/aromatic N) is 1. The van der Waals surface area contributed by atoms with Crippen LogP contribution in [0.25, 0.3) is 10.9 Å². The number of carbonyl (C=O) groups excluding carboxylic acids is 1. The Kier molecular flexibility index (Phi) is 5.65. The molecule has 5 heteroatoms. The Morgan fingerprint density at radius 1 is 1.43 bits per heavy atom. The van der Waals surface area contributed by atoms with Crippen molar-refractivity contribution in [3.8, 4) is 0 Å². The molecule has 1 aromatic heterocycles. The molecule has 4 nitrogen and oxygen atoms in total. The number of halogens is 1. The van der Waals surface area contributed by atoms with E-state index in [1.54, 1.807) is 0 Å². The van der Waals surface area contributed by atoms with Crippen molar-refractivity contribution in [2.24, 2.45) is 0 Å². The largest absolute Gasteiger partial charge is 0.469 e. The van der Waals surface area contributed by atoms with Gasteiger partial charge >= 0.3 is 5.97 Å². The van der Waals surface area contributed by atoms with Crippen LogP contribution >= 0.6 is 11.6 Å². The molecule has 1 aromatic carbocycles. The van der Waals surface area contributed by atoms with E-state index in [4.69, 9.17) is 16.3 Å². The van der Waals surface area contributed by atoms with Crippen molar-refractivity contribution < 1.29 is 9.53 Å². The molecule has 21 heavy (non-hydrogen) atoms. The number of hydrogen-bond acceptors (Lipinski definition) is 3. The predicted molar refractivity (Wildman–Crippen MR) is 85.6 cm³/mol. The van der Waals surface area contributed by atoms with Crippen LogP contribution in [0.15, 0.2) is 24.4 Å². The van der Waals surface area contributed by atoms with Crippen molar-refractivity contribution in [3.05, 3.63) is 35.0 Å². The van der Waals surface area contributed by atoms with Crippen molar-refractivity contribution >= 4 is 28.5 Å². The molecule has 0 radical (unpaired) electrons. The van der Waals surface area contributed by atoms with E-state index in [0.29, 0.717) is 18.0 Å². The molecule has 114 valence electrons. The van der Waals surface area contributed by atoms with Crippen molar-refractivity contribution in [1.29, 1.82) is 0 Å². The smallest absolute Gasteiger partial charge is 0.307 e. The van der Waals surface area contributed by atoms with E-state index in [0.717, 1.165) is 25.0 Å². The number of rotatable bonds is 7. The first-order valence-electron chi connectivity index (χ1n) is 7.20. The van der Waals surface area contributed by atoms with E-state index in [1.807, 2.05) is 18.2 Å². The number of aryl methyl sites for hydroxylation is 1. The van der Waals surface area contributed by atoms with Crippen LogP contribution in [0.1, 0.15) is 25.3 Å². The molecule has 1 heterocycles. The predicted octanol–water partition coefficient (Wildman–Crippen LogP) is 3.36. The monoisotopic (exact) mass is 308 g/mol. The van der Waals surface area contributed by atoms with Crippen molar-refractivity contribution in [2.75, 3.05) is 13.7 Å². The Balaban J connectivity index is 2.26. The molecule has 1 N–H and O–H groups in total. The fourth-order valence-corrected chi connectivity index (χ4v) is 2.55. The number of nitrogens with one attached hydrogen (secondary N) is 1. The molecule has 0 amide bonds. The third-order valence-corrected chi connectivity index (χ3v) is 3.69. The first-order valence-corrected chi connectivity index (χ1v) is 7.58. The molecule has 0 aliphatic rings. The molecule has 2 rings (SSSR count). The van der Waals surface area contributed by atoms with E-state index in [2.05, 4.69) is 23.0 Å². The van der Waals surface area contributed by atoms with Gasteiger partial charge < -0.3 is 14.6 Å². The van der Waals surface area contributed by atoms with Gasteiger partial charge in [-0.2, -0.15) is 0 Å². The van der Waals surface area contributed by atoms with Crippen LogP contribution in [-0.2, 0) is 22.6 Å². The molecule has 0 atom stereocenters. The summed E-state index contributed by atoms with van der Waals surface area (Å²) in [4.78, 5) is 11.3. The summed E-state index contributed by atoms with van der Waals surface area (Å²) in [6.07, 6.45) is 3.55. The molecule has 0 unspecified atom stereocenters. The summed E-state index contributed by atoms with van der Waals surface area (Å²) >= 11 is 6.10. The maximum atomic E-state index is 11.3. The average Bonchev–Trinajstić information content (AvgIpc) is 2.82. The van der Waals surface area contributed by atoms with Gasteiger partial charge in [0.2, 0.25) is 0 Å². The van der Waals surface area contributed by atoms with Crippen LogP contribution in [0.3, 0.4) is 0 Å². The van der Waals surface area contributed by atoms with Crippen LogP contribution in [0.2, 0.25) is 5.02 Å². The zero-order valence-electron chi connectivity index (χ0n) is 12.5. The summed E-state index contributed by atoms with van der Waals surface area (Å²) in [5, 5.41) is 5.29. The molecule has 0 spiro atoms. The lowest BCUT2D eigenvalue weighted by Gasteiger charge is -2.04. The van der Waals surface area contributed by atoms with Crippen LogP contribution in [0.5, 0.6) is 0 Å². The Morgan fingerprint density at radius 2 is 2.24 bits per heavy atom. The second-order valence-electron chi connectivity index (χ2n) is 5.01. The lowest BCUT2D eigenvalue weighted by molar-refractivity contribution is -0.140. The van der Waals surface area contributed by atoms with Gasteiger partial charge in [-0.1, -0.05) is 24.6 Å². The summed E-state index contributed by atoms with van der Waals surface area (Å²) in [6, 6.07) is 5.88. The maximum Gasteiger partial charge on any atom is 0.307 e. The van der Waals surface area contributed by atoms with Crippen LogP contribution in [-0.4, -0.2) is 24.2 Å². The fourth-order valence-electron chi connectivity index (χ4n) is 2.38. The number of aromatic nitrogens is 1. The lowest BCUT2D eigenvalue weighted by atomic mass is 10.2. The zero-order chi connectivity index (χ0) is 15.2. The number of carbonyl (C=O) groups is 1. The molecule has 0 saturated carbocycles. The van der Waals surface area contributed by atoms with Gasteiger partial charge in [-0.25, -0.2) is 0 Å². The van der Waals surface area contributed by atoms with Crippen LogP contribution < -0.4 is 5.32 Å². The number of fused-ring (bicyclic) bond motifs is 1. The van der Waals surface area contributed by atoms with E-state index in [-0.39, 0.29) is 5.97 Å². The molecule has 0 bridgehead atoms. The SMILES string of the molecule is CCCNCc1cn(CCC(=O)OC)c2cc(Cl)ccc12. The zero-order valence-corrected chi connectivity index (χ0v) is 13.2. The van der Waals surface area contributed by atoms with E-state index in [9.17, 15) is 4.79 Å². The highest BCUT2D eigenvalue weighted by atomic mass is 35.5. The molecule has 2 aromatic rings. The molecule has 0 aliphatic heterocycles. The number of hydrogen-bond donors (Lipinski definition) is 1. The number of benzene rings is 1. The third kappa shape index (κ3) is 3.99. The number of esters is 1. The lowest BCUT2D eigenvalue weighted by Crippen LogP contribution is -2.13. The van der Waals surface area contributed by atoms with Crippen molar-refractivity contribution in [3.63, 3.8) is 0 Å². The molecule has 0 aliphatic carbocycles. The molecule has 0 saturated heterocycles. The van der Waals surface area contributed by atoms with Crippen LogP contribution in [0, 0.1) is 0 Å². The van der Waals surface area contributed by atoms with Crippen molar-refractivity contribution in [2.45, 2.75) is 32.9 Å². The van der Waals surface area contributed by atoms with Crippen molar-refractivity contribution in [1.82, 2.24) is 9.88 Å². The minimum absolute atomic E-state index is 0.204. The van der Waals surface area contributed by atoms with Gasteiger partial charge in [0.15, 0.2) is 0 Å². The summed E-state index contributed by atoms with van der Waals surface area (Å²) < 4.78 is 6.77. The van der Waals surface area contributed by atoms with Crippen LogP contribution in [0.4, 0.5) is 0 Å². The van der Waals surface area contributed by atoms with E-state index < -0.39 is 0 Å². The highest BCUT2D eigenvalue weighted by Gasteiger charge is 2.10. The molecular weight excluding hydrogens is 288 g/mol. The Morgan fingerprint density at radius 3 is 2.95 bits per heavy atom. The number of methoxy groups -OCH3 is 1. The highest BCUT2D eigenvalue weighted by molar-refractivity contribution is 6.31. The quantitative estimate of drug-likeness (QED) is 0.630. The summed E-state index contributed by atoms with van der Waals surface area (Å²) in [5.74, 6) is -0.204. The number of ether oxygens (including phenoxy) is 1. The third-order valence-electron chi connectivity index (χ3n) is 3.45. The summed E-state index contributed by atoms with van der Waals surface area (Å²) in [7, 11) is 1.41. The Hall–Kier alpha value is -1.52. The second kappa shape index (κ2) is 7.48. The minimum atomic E-state index is -0.204. The van der Waals surface area contributed by atoms with Gasteiger partial charge in [0.1, 0.15) is 0 Å². The van der Waals surface area contributed by atoms with Gasteiger partial charge in [-0.15, -0.1) is 0 Å². The fraction of sp³-hybridized carbons (Fsp3) is 0.438. The normalized spacial score (nSPS) is 11.0. The second-order valence-corrected chi connectivity index (χ2v) is 5.45. The first kappa shape index (κ1) is 15.9. The van der Waals surface area contributed by atoms with Gasteiger partial charge in [0.05, 0.1) is 13.5 Å². The molecule has 0 fully saturated rings. The van der Waals surface area contributed by atoms with Gasteiger partial charge in [0, 0.05) is 35.2 Å². The first-order chi connectivity index (χ1) is 10.2. The topological polar surface area (TPSA) is 43.3 Å². The van der Waals surface area contributed by atoms with Gasteiger partial charge in [-0.3, -0.25) is 4.79 Å². The van der Waals surface area contributed by atoms with Gasteiger partial charge in [0.25, 0.3) is 0 Å². The Labute approximate surface area is 130 Å². The average molecular weight is 309 g/mol. The summed E-state index contributed by atoms with van der Waals surface area (Å²) in [5.41, 5.74) is 2.28. The van der Waals surface area contributed by atoms with Gasteiger partial charge in [-0.05, 0) is 30.7 Å². The Bertz CT molecular complexity index is 622. The highest BCUT2D eigenvalue weighted by Crippen LogP contribution is 2.25. The molecular formula is C16H21ClN2O2. The maximum absolute atomic E-state index is 11.3. The minimum Gasteiger partial charge on any atom is -0.469 e. The van der Waals surface area contributed by atoms with E-state index in [1.165, 1.54) is 18.1 Å².